The molecule has 1 aromatic rings. The van der Waals surface area contributed by atoms with Gasteiger partial charge in [-0.25, -0.2) is 19.0 Å². The second-order valence-electron chi connectivity index (χ2n) is 5.22. The van der Waals surface area contributed by atoms with E-state index in [2.05, 4.69) is 10.5 Å². The maximum Gasteiger partial charge on any atom is 0.271 e. The minimum Gasteiger partial charge on any atom is -0.267 e. The van der Waals surface area contributed by atoms with E-state index in [1.165, 1.54) is 25.0 Å². The molecule has 0 aliphatic heterocycles. The van der Waals surface area contributed by atoms with Crippen LogP contribution in [0.4, 0.5) is 0 Å². The number of amides is 1. The standard InChI is InChI=1S/C14H18ClN3O3S/c15-12-8-7-10(9-13(12)22(16,20)21)14(19)18-17-11-5-3-1-2-4-6-11/h7-9H,1-6H2,(H,18,19)(H2,16,20,21). The van der Waals surface area contributed by atoms with E-state index in [9.17, 15) is 13.2 Å². The van der Waals surface area contributed by atoms with Crippen molar-refractivity contribution in [2.45, 2.75) is 43.4 Å². The van der Waals surface area contributed by atoms with Crippen LogP contribution in [-0.2, 0) is 10.0 Å². The van der Waals surface area contributed by atoms with E-state index in [1.54, 1.807) is 0 Å². The number of nitrogens with zero attached hydrogens (tertiary/aromatic N) is 1. The van der Waals surface area contributed by atoms with Gasteiger partial charge in [-0.15, -0.1) is 0 Å². The number of primary sulfonamides is 1. The van der Waals surface area contributed by atoms with Crippen LogP contribution in [0.25, 0.3) is 0 Å². The number of carbonyl (C=O) groups excluding carboxylic acids is 1. The van der Waals surface area contributed by atoms with Gasteiger partial charge in [-0.05, 0) is 43.9 Å². The van der Waals surface area contributed by atoms with Gasteiger partial charge in [-0.3, -0.25) is 4.79 Å². The molecule has 0 atom stereocenters. The molecule has 1 fully saturated rings. The van der Waals surface area contributed by atoms with Crippen molar-refractivity contribution < 1.29 is 13.2 Å². The third-order valence-corrected chi connectivity index (χ3v) is 4.89. The highest BCUT2D eigenvalue weighted by Crippen LogP contribution is 2.21. The van der Waals surface area contributed by atoms with Crippen LogP contribution < -0.4 is 10.6 Å². The summed E-state index contributed by atoms with van der Waals surface area (Å²) < 4.78 is 22.8. The number of carbonyl (C=O) groups is 1. The molecule has 0 unspecified atom stereocenters. The highest BCUT2D eigenvalue weighted by atomic mass is 35.5. The summed E-state index contributed by atoms with van der Waals surface area (Å²) >= 11 is 5.78. The van der Waals surface area contributed by atoms with Gasteiger partial charge >= 0.3 is 0 Å². The summed E-state index contributed by atoms with van der Waals surface area (Å²) in [5.74, 6) is -0.488. The van der Waals surface area contributed by atoms with E-state index in [0.29, 0.717) is 0 Å². The molecule has 22 heavy (non-hydrogen) atoms. The smallest absolute Gasteiger partial charge is 0.267 e. The first-order valence-corrected chi connectivity index (χ1v) is 8.98. The van der Waals surface area contributed by atoms with Gasteiger partial charge in [0.05, 0.1) is 5.02 Å². The highest BCUT2D eigenvalue weighted by molar-refractivity contribution is 7.89. The molecule has 1 saturated carbocycles. The van der Waals surface area contributed by atoms with E-state index < -0.39 is 15.9 Å². The van der Waals surface area contributed by atoms with Crippen molar-refractivity contribution in [3.8, 4) is 0 Å². The fraction of sp³-hybridized carbons (Fsp3) is 0.429. The van der Waals surface area contributed by atoms with Crippen molar-refractivity contribution in [2.24, 2.45) is 10.2 Å². The number of benzene rings is 1. The Bertz CT molecular complexity index is 691. The average Bonchev–Trinajstić information content (AvgIpc) is 2.72. The maximum absolute atomic E-state index is 12.1. The third-order valence-electron chi connectivity index (χ3n) is 3.50. The topological polar surface area (TPSA) is 102 Å². The summed E-state index contributed by atoms with van der Waals surface area (Å²) in [7, 11) is -3.98. The Balaban J connectivity index is 2.14. The van der Waals surface area contributed by atoms with E-state index in [4.69, 9.17) is 16.7 Å². The Morgan fingerprint density at radius 2 is 1.82 bits per heavy atom. The molecule has 1 aliphatic carbocycles. The second kappa shape index (κ2) is 7.21. The SMILES string of the molecule is NS(=O)(=O)c1cc(C(=O)NN=C2CCCCCC2)ccc1Cl. The van der Waals surface area contributed by atoms with E-state index >= 15 is 0 Å². The lowest BCUT2D eigenvalue weighted by molar-refractivity contribution is 0.0954. The minimum atomic E-state index is -3.98. The predicted octanol–water partition coefficient (Wildman–Crippen LogP) is 2.43. The fourth-order valence-corrected chi connectivity index (χ4v) is 3.38. The van der Waals surface area contributed by atoms with Gasteiger partial charge in [0.2, 0.25) is 10.0 Å². The summed E-state index contributed by atoms with van der Waals surface area (Å²) in [4.78, 5) is 11.8. The van der Waals surface area contributed by atoms with Gasteiger partial charge in [-0.1, -0.05) is 24.4 Å². The predicted molar refractivity (Wildman–Crippen MR) is 85.4 cm³/mol. The van der Waals surface area contributed by atoms with Crippen LogP contribution in [-0.4, -0.2) is 20.0 Å². The van der Waals surface area contributed by atoms with Crippen molar-refractivity contribution in [1.29, 1.82) is 0 Å². The monoisotopic (exact) mass is 343 g/mol. The first-order valence-electron chi connectivity index (χ1n) is 7.06. The molecule has 0 heterocycles. The highest BCUT2D eigenvalue weighted by Gasteiger charge is 2.16. The third kappa shape index (κ3) is 4.53. The number of halogens is 1. The molecular weight excluding hydrogens is 326 g/mol. The number of nitrogens with two attached hydrogens (primary N) is 1. The van der Waals surface area contributed by atoms with Crippen LogP contribution in [0.1, 0.15) is 48.9 Å². The number of hydrazone groups is 1. The quantitative estimate of drug-likeness (QED) is 0.650. The zero-order valence-corrected chi connectivity index (χ0v) is 13.6. The zero-order chi connectivity index (χ0) is 16.2. The van der Waals surface area contributed by atoms with Crippen molar-refractivity contribution in [2.75, 3.05) is 0 Å². The Kier molecular flexibility index (Phi) is 5.55. The molecule has 2 rings (SSSR count). The lowest BCUT2D eigenvalue weighted by atomic mass is 10.2. The van der Waals surface area contributed by atoms with Gasteiger partial charge in [-0.2, -0.15) is 5.10 Å². The Morgan fingerprint density at radius 3 is 2.41 bits per heavy atom. The lowest BCUT2D eigenvalue weighted by Crippen LogP contribution is -2.21. The summed E-state index contributed by atoms with van der Waals surface area (Å²) in [6.45, 7) is 0. The number of hydrogen-bond acceptors (Lipinski definition) is 4. The molecular formula is C14H18ClN3O3S. The van der Waals surface area contributed by atoms with Crippen LogP contribution >= 0.6 is 11.6 Å². The van der Waals surface area contributed by atoms with Gasteiger partial charge in [0.25, 0.3) is 5.91 Å². The summed E-state index contributed by atoms with van der Waals surface area (Å²) in [5, 5.41) is 9.18. The normalized spacial score (nSPS) is 16.0. The van der Waals surface area contributed by atoms with Crippen LogP contribution in [0.2, 0.25) is 5.02 Å². The average molecular weight is 344 g/mol. The Labute approximate surface area is 134 Å². The first kappa shape index (κ1) is 16.9. The molecule has 0 saturated heterocycles. The number of rotatable bonds is 3. The van der Waals surface area contributed by atoms with Crippen LogP contribution in [0.15, 0.2) is 28.2 Å². The van der Waals surface area contributed by atoms with E-state index in [0.717, 1.165) is 37.5 Å². The Hall–Kier alpha value is -1.44. The fourth-order valence-electron chi connectivity index (χ4n) is 2.31. The summed E-state index contributed by atoms with van der Waals surface area (Å²) in [6.07, 6.45) is 6.27. The molecule has 120 valence electrons. The molecule has 0 radical (unpaired) electrons. The number of hydrogen-bond donors (Lipinski definition) is 2. The van der Waals surface area contributed by atoms with Crippen molar-refractivity contribution in [3.63, 3.8) is 0 Å². The maximum atomic E-state index is 12.1. The van der Waals surface area contributed by atoms with Crippen molar-refractivity contribution >= 4 is 33.2 Å². The van der Waals surface area contributed by atoms with Gasteiger partial charge in [0.1, 0.15) is 4.90 Å². The van der Waals surface area contributed by atoms with Gasteiger partial charge < -0.3 is 0 Å². The zero-order valence-electron chi connectivity index (χ0n) is 12.0. The van der Waals surface area contributed by atoms with E-state index in [-0.39, 0.29) is 15.5 Å². The first-order chi connectivity index (χ1) is 10.4. The van der Waals surface area contributed by atoms with Crippen LogP contribution in [0.5, 0.6) is 0 Å². The molecule has 6 nitrogen and oxygen atoms in total. The largest absolute Gasteiger partial charge is 0.271 e. The summed E-state index contributed by atoms with van der Waals surface area (Å²) in [6, 6.07) is 3.91. The van der Waals surface area contributed by atoms with Gasteiger partial charge in [0, 0.05) is 11.3 Å². The van der Waals surface area contributed by atoms with E-state index in [1.807, 2.05) is 0 Å². The molecule has 8 heteroatoms. The molecule has 1 aliphatic rings. The molecule has 3 N–H and O–H groups in total. The van der Waals surface area contributed by atoms with Crippen LogP contribution in [0.3, 0.4) is 0 Å². The second-order valence-corrected chi connectivity index (χ2v) is 7.16. The summed E-state index contributed by atoms with van der Waals surface area (Å²) in [5.41, 5.74) is 3.57. The lowest BCUT2D eigenvalue weighted by Gasteiger charge is -2.06. The molecule has 0 bridgehead atoms. The number of sulfonamides is 1. The molecule has 0 spiro atoms. The Morgan fingerprint density at radius 1 is 1.18 bits per heavy atom. The van der Waals surface area contributed by atoms with Crippen molar-refractivity contribution in [1.82, 2.24) is 5.43 Å². The number of nitrogens with one attached hydrogen (secondary N) is 1. The van der Waals surface area contributed by atoms with Crippen LogP contribution in [0, 0.1) is 0 Å². The van der Waals surface area contributed by atoms with Gasteiger partial charge in [0.15, 0.2) is 0 Å². The molecule has 0 aromatic heterocycles. The minimum absolute atomic E-state index is 0.0193. The van der Waals surface area contributed by atoms with Crippen molar-refractivity contribution in [3.05, 3.63) is 28.8 Å². The molecule has 1 amide bonds. The molecule has 1 aromatic carbocycles.